The lowest BCUT2D eigenvalue weighted by Gasteiger charge is -2.22. The molecule has 0 aliphatic heterocycles. The molecule has 1 aromatic carbocycles. The minimum Gasteiger partial charge on any atom is -0.461 e. The SMILES string of the molecule is CC(C)C1CC1(NCCc1ccc(-c2cc(C(N)=O)c(NC(N)=O)s2)cc1)C(=O)OC1CCCC1. The van der Waals surface area contributed by atoms with E-state index >= 15 is 0 Å². The maximum absolute atomic E-state index is 13.0. The van der Waals surface area contributed by atoms with Crippen molar-refractivity contribution < 1.29 is 19.1 Å². The van der Waals surface area contributed by atoms with Crippen molar-refractivity contribution in [3.05, 3.63) is 41.5 Å². The molecule has 2 saturated carbocycles. The van der Waals surface area contributed by atoms with E-state index in [9.17, 15) is 14.4 Å². The highest BCUT2D eigenvalue weighted by atomic mass is 32.1. The number of carbonyl (C=O) groups excluding carboxylic acids is 3. The van der Waals surface area contributed by atoms with Gasteiger partial charge in [0.1, 0.15) is 16.6 Å². The minimum atomic E-state index is -0.746. The standard InChI is InChI=1S/C26H34N4O4S/c1-15(2)20-14-26(20,24(32)34-18-5-3-4-6-18)29-12-11-16-7-9-17(10-8-16)21-13-19(22(27)31)23(35-21)30-25(28)33/h7-10,13,15,18,20,29H,3-6,11-12,14H2,1-2H3,(H2,27,31)(H3,28,30,33). The summed E-state index contributed by atoms with van der Waals surface area (Å²) in [5.41, 5.74) is 12.3. The van der Waals surface area contributed by atoms with E-state index < -0.39 is 17.5 Å². The topological polar surface area (TPSA) is 137 Å². The van der Waals surface area contributed by atoms with Crippen molar-refractivity contribution in [2.24, 2.45) is 23.3 Å². The van der Waals surface area contributed by atoms with E-state index in [1.54, 1.807) is 6.07 Å². The van der Waals surface area contributed by atoms with Crippen LogP contribution < -0.4 is 22.1 Å². The Morgan fingerprint density at radius 1 is 1.14 bits per heavy atom. The highest BCUT2D eigenvalue weighted by molar-refractivity contribution is 7.20. The first-order chi connectivity index (χ1) is 16.7. The van der Waals surface area contributed by atoms with E-state index in [2.05, 4.69) is 24.5 Å². The van der Waals surface area contributed by atoms with Gasteiger partial charge < -0.3 is 21.5 Å². The largest absolute Gasteiger partial charge is 0.461 e. The van der Waals surface area contributed by atoms with E-state index in [1.807, 2.05) is 24.3 Å². The van der Waals surface area contributed by atoms with Crippen LogP contribution in [-0.4, -0.2) is 36.1 Å². The van der Waals surface area contributed by atoms with Crippen LogP contribution in [0.1, 0.15) is 61.9 Å². The van der Waals surface area contributed by atoms with E-state index in [0.717, 1.165) is 54.5 Å². The molecule has 0 bridgehead atoms. The van der Waals surface area contributed by atoms with Gasteiger partial charge >= 0.3 is 12.0 Å². The Morgan fingerprint density at radius 2 is 1.83 bits per heavy atom. The van der Waals surface area contributed by atoms with E-state index in [1.165, 1.54) is 11.3 Å². The fraction of sp³-hybridized carbons (Fsp3) is 0.500. The summed E-state index contributed by atoms with van der Waals surface area (Å²) in [6.07, 6.45) is 5.91. The second-order valence-corrected chi connectivity index (χ2v) is 11.0. The molecule has 2 aromatic rings. The summed E-state index contributed by atoms with van der Waals surface area (Å²) in [4.78, 5) is 36.8. The van der Waals surface area contributed by atoms with Crippen molar-refractivity contribution in [1.82, 2.24) is 5.32 Å². The third-order valence-electron chi connectivity index (χ3n) is 7.09. The smallest absolute Gasteiger partial charge is 0.326 e. The summed E-state index contributed by atoms with van der Waals surface area (Å²) in [5, 5.41) is 6.33. The van der Waals surface area contributed by atoms with Crippen molar-refractivity contribution >= 4 is 34.2 Å². The third-order valence-corrected chi connectivity index (χ3v) is 8.19. The predicted octanol–water partition coefficient (Wildman–Crippen LogP) is 4.04. The molecule has 6 N–H and O–H groups in total. The van der Waals surface area contributed by atoms with Gasteiger partial charge in [-0.1, -0.05) is 38.1 Å². The van der Waals surface area contributed by atoms with E-state index in [0.29, 0.717) is 23.4 Å². The van der Waals surface area contributed by atoms with Gasteiger partial charge in [0.2, 0.25) is 0 Å². The third kappa shape index (κ3) is 5.67. The Hall–Kier alpha value is -2.91. The second kappa shape index (κ2) is 10.4. The number of primary amides is 2. The molecule has 1 aromatic heterocycles. The lowest BCUT2D eigenvalue weighted by atomic mass is 10.0. The summed E-state index contributed by atoms with van der Waals surface area (Å²) < 4.78 is 5.87. The zero-order valence-electron chi connectivity index (χ0n) is 20.3. The minimum absolute atomic E-state index is 0.0770. The summed E-state index contributed by atoms with van der Waals surface area (Å²) in [6.45, 7) is 5.00. The number of nitrogens with one attached hydrogen (secondary N) is 2. The van der Waals surface area contributed by atoms with E-state index in [4.69, 9.17) is 16.2 Å². The number of esters is 1. The molecule has 0 spiro atoms. The van der Waals surface area contributed by atoms with Gasteiger partial charge in [-0.05, 0) is 67.6 Å². The molecule has 2 unspecified atom stereocenters. The first-order valence-electron chi connectivity index (χ1n) is 12.2. The lowest BCUT2D eigenvalue weighted by Crippen LogP contribution is -2.45. The molecule has 9 heteroatoms. The number of hydrogen-bond donors (Lipinski definition) is 4. The van der Waals surface area contributed by atoms with Crippen LogP contribution >= 0.6 is 11.3 Å². The number of nitrogens with two attached hydrogens (primary N) is 2. The first-order valence-corrected chi connectivity index (χ1v) is 13.1. The number of ether oxygens (including phenoxy) is 1. The van der Waals surface area contributed by atoms with Crippen LogP contribution in [0.25, 0.3) is 10.4 Å². The number of benzene rings is 1. The van der Waals surface area contributed by atoms with Gasteiger partial charge in [-0.2, -0.15) is 0 Å². The number of rotatable bonds is 10. The molecular weight excluding hydrogens is 464 g/mol. The summed E-state index contributed by atoms with van der Waals surface area (Å²) in [7, 11) is 0. The van der Waals surface area contributed by atoms with Crippen LogP contribution in [0.15, 0.2) is 30.3 Å². The normalized spacial score (nSPS) is 21.7. The maximum atomic E-state index is 13.0. The monoisotopic (exact) mass is 498 g/mol. The summed E-state index contributed by atoms with van der Waals surface area (Å²) >= 11 is 1.25. The molecule has 8 nitrogen and oxygen atoms in total. The average Bonchev–Trinajstić information content (AvgIpc) is 3.11. The zero-order valence-corrected chi connectivity index (χ0v) is 21.1. The molecule has 1 heterocycles. The predicted molar refractivity (Wildman–Crippen MR) is 137 cm³/mol. The molecule has 188 valence electrons. The van der Waals surface area contributed by atoms with Gasteiger partial charge in [0.15, 0.2) is 0 Å². The van der Waals surface area contributed by atoms with Crippen LogP contribution in [0.5, 0.6) is 0 Å². The molecule has 0 radical (unpaired) electrons. The van der Waals surface area contributed by atoms with Crippen molar-refractivity contribution in [1.29, 1.82) is 0 Å². The Kier molecular flexibility index (Phi) is 7.47. The maximum Gasteiger partial charge on any atom is 0.326 e. The summed E-state index contributed by atoms with van der Waals surface area (Å²) in [6, 6.07) is 8.91. The average molecular weight is 499 g/mol. The highest BCUT2D eigenvalue weighted by Gasteiger charge is 2.62. The van der Waals surface area contributed by atoms with Gasteiger partial charge in [0.05, 0.1) is 5.56 Å². The van der Waals surface area contributed by atoms with Gasteiger partial charge in [0.25, 0.3) is 5.91 Å². The molecular formula is C26H34N4O4S. The quantitative estimate of drug-likeness (QED) is 0.367. The van der Waals surface area contributed by atoms with Gasteiger partial charge in [-0.3, -0.25) is 14.9 Å². The molecule has 0 saturated heterocycles. The fourth-order valence-electron chi connectivity index (χ4n) is 5.05. The molecule has 4 rings (SSSR count). The number of amides is 3. The van der Waals surface area contributed by atoms with Crippen LogP contribution in [0.3, 0.4) is 0 Å². The van der Waals surface area contributed by atoms with Crippen molar-refractivity contribution in [2.75, 3.05) is 11.9 Å². The van der Waals surface area contributed by atoms with Crippen LogP contribution in [0, 0.1) is 11.8 Å². The molecule has 2 aliphatic rings. The number of carbonyl (C=O) groups is 3. The van der Waals surface area contributed by atoms with Gasteiger partial charge in [-0.25, -0.2) is 4.79 Å². The fourth-order valence-corrected chi connectivity index (χ4v) is 6.12. The summed E-state index contributed by atoms with van der Waals surface area (Å²) in [5.74, 6) is 0.0177. The van der Waals surface area contributed by atoms with Crippen LogP contribution in [-0.2, 0) is 16.0 Å². The Balaban J connectivity index is 1.38. The van der Waals surface area contributed by atoms with Crippen molar-refractivity contribution in [3.8, 4) is 10.4 Å². The van der Waals surface area contributed by atoms with Crippen molar-refractivity contribution in [2.45, 2.75) is 64.0 Å². The Bertz CT molecular complexity index is 1090. The number of hydrogen-bond acceptors (Lipinski definition) is 6. The van der Waals surface area contributed by atoms with Crippen LogP contribution in [0.4, 0.5) is 9.80 Å². The van der Waals surface area contributed by atoms with Gasteiger partial charge in [0, 0.05) is 11.4 Å². The Labute approximate surface area is 209 Å². The molecule has 2 aliphatic carbocycles. The number of urea groups is 1. The van der Waals surface area contributed by atoms with Crippen molar-refractivity contribution in [3.63, 3.8) is 0 Å². The second-order valence-electron chi connectivity index (χ2n) is 9.92. The number of anilines is 1. The molecule has 2 fully saturated rings. The van der Waals surface area contributed by atoms with Crippen LogP contribution in [0.2, 0.25) is 0 Å². The highest BCUT2D eigenvalue weighted by Crippen LogP contribution is 2.49. The zero-order chi connectivity index (χ0) is 25.2. The van der Waals surface area contributed by atoms with Gasteiger partial charge in [-0.15, -0.1) is 11.3 Å². The van der Waals surface area contributed by atoms with E-state index in [-0.39, 0.29) is 17.6 Å². The first kappa shape index (κ1) is 25.2. The Morgan fingerprint density at radius 3 is 2.40 bits per heavy atom. The molecule has 3 amide bonds. The molecule has 35 heavy (non-hydrogen) atoms. The molecule has 2 atom stereocenters. The number of thiophene rings is 1. The lowest BCUT2D eigenvalue weighted by molar-refractivity contribution is -0.153.